The van der Waals surface area contributed by atoms with E-state index in [2.05, 4.69) is 295 Å². The summed E-state index contributed by atoms with van der Waals surface area (Å²) < 4.78 is 7.42. The lowest BCUT2D eigenvalue weighted by Crippen LogP contribution is -2.33. The van der Waals surface area contributed by atoms with Crippen LogP contribution in [0.4, 0.5) is 34.1 Å². The Hall–Kier alpha value is -9.61. The fourth-order valence-corrected chi connectivity index (χ4v) is 18.1. The lowest BCUT2D eigenvalue weighted by Gasteiger charge is -2.42. The number of benzene rings is 12. The molecular formula is C81H58N2OS. The Bertz CT molecular complexity index is 4670. The van der Waals surface area contributed by atoms with Gasteiger partial charge in [-0.15, -0.1) is 0 Å². The van der Waals surface area contributed by atoms with E-state index in [0.29, 0.717) is 11.8 Å². The SMILES string of the molecule is c1ccc(N(c2ccccc2)c2cccc3c2oc2cc(N(c4cc(C5CC6CCC5C6)c5c(c4)C4(c6ccccc6S5)c5ccccc5-c5ccccc54)c4cccc5c4-c4ccccc4C5(c4ccccc4)c4ccccc4)ccc23)cc1. The first-order valence-electron chi connectivity index (χ1n) is 30.3. The van der Waals surface area contributed by atoms with Crippen molar-refractivity contribution >= 4 is 67.8 Å². The Labute approximate surface area is 500 Å². The summed E-state index contributed by atoms with van der Waals surface area (Å²) in [5, 5.41) is 2.16. The van der Waals surface area contributed by atoms with Gasteiger partial charge in [0.2, 0.25) is 0 Å². The van der Waals surface area contributed by atoms with Gasteiger partial charge in [0.05, 0.1) is 22.2 Å². The number of hydrogen-bond donors (Lipinski definition) is 0. The summed E-state index contributed by atoms with van der Waals surface area (Å²) in [7, 11) is 0. The Morgan fingerprint density at radius 1 is 0.376 bits per heavy atom. The molecular weight excluding hydrogens is 1050 g/mol. The van der Waals surface area contributed by atoms with Gasteiger partial charge in [-0.2, -0.15) is 0 Å². The summed E-state index contributed by atoms with van der Waals surface area (Å²) in [6.07, 6.45) is 5.16. The van der Waals surface area contributed by atoms with Gasteiger partial charge in [-0.1, -0.05) is 231 Å². The maximum absolute atomic E-state index is 7.42. The molecule has 1 spiro atoms. The third-order valence-corrected chi connectivity index (χ3v) is 21.3. The summed E-state index contributed by atoms with van der Waals surface area (Å²) in [4.78, 5) is 7.74. The highest BCUT2D eigenvalue weighted by molar-refractivity contribution is 7.99. The number of anilines is 6. The zero-order valence-electron chi connectivity index (χ0n) is 46.9. The first-order valence-corrected chi connectivity index (χ1v) is 31.1. The summed E-state index contributed by atoms with van der Waals surface area (Å²) >= 11 is 2.02. The largest absolute Gasteiger partial charge is 0.454 e. The second kappa shape index (κ2) is 19.0. The van der Waals surface area contributed by atoms with Crippen molar-refractivity contribution in [1.29, 1.82) is 0 Å². The number of para-hydroxylation sites is 3. The molecule has 2 heterocycles. The highest BCUT2D eigenvalue weighted by Gasteiger charge is 2.53. The van der Waals surface area contributed by atoms with E-state index in [-0.39, 0.29) is 0 Å². The van der Waals surface area contributed by atoms with Gasteiger partial charge >= 0.3 is 0 Å². The van der Waals surface area contributed by atoms with Crippen LogP contribution in [0.2, 0.25) is 0 Å². The van der Waals surface area contributed by atoms with Gasteiger partial charge in [-0.25, -0.2) is 0 Å². The average molecular weight is 1110 g/mol. The Morgan fingerprint density at radius 2 is 0.929 bits per heavy atom. The molecule has 4 aliphatic carbocycles. The van der Waals surface area contributed by atoms with Crippen LogP contribution in [-0.4, -0.2) is 0 Å². The van der Waals surface area contributed by atoms with Crippen molar-refractivity contribution in [3.05, 3.63) is 335 Å². The predicted octanol–water partition coefficient (Wildman–Crippen LogP) is 21.6. The monoisotopic (exact) mass is 1110 g/mol. The van der Waals surface area contributed by atoms with Crippen LogP contribution in [0.5, 0.6) is 0 Å². The van der Waals surface area contributed by atoms with Crippen molar-refractivity contribution < 1.29 is 4.42 Å². The quantitative estimate of drug-likeness (QED) is 0.143. The molecule has 4 heteroatoms. The molecule has 18 rings (SSSR count). The topological polar surface area (TPSA) is 19.6 Å². The van der Waals surface area contributed by atoms with Crippen molar-refractivity contribution in [2.75, 3.05) is 9.80 Å². The van der Waals surface area contributed by atoms with Crippen LogP contribution in [-0.2, 0) is 10.8 Å². The molecule has 0 amide bonds. The van der Waals surface area contributed by atoms with Gasteiger partial charge in [0.15, 0.2) is 5.58 Å². The molecule has 2 saturated carbocycles. The summed E-state index contributed by atoms with van der Waals surface area (Å²) in [6, 6.07) is 107. The van der Waals surface area contributed by atoms with E-state index >= 15 is 0 Å². The molecule has 3 nitrogen and oxygen atoms in total. The van der Waals surface area contributed by atoms with Crippen LogP contribution in [0.3, 0.4) is 0 Å². The van der Waals surface area contributed by atoms with Crippen molar-refractivity contribution in [2.45, 2.75) is 52.2 Å². The number of rotatable bonds is 9. The average Bonchev–Trinajstić information content (AvgIpc) is 1.70. The van der Waals surface area contributed by atoms with E-state index in [4.69, 9.17) is 4.42 Å². The van der Waals surface area contributed by atoms with E-state index in [1.54, 1.807) is 0 Å². The third kappa shape index (κ3) is 6.98. The number of fused-ring (bicyclic) bond motifs is 17. The number of nitrogens with zero attached hydrogens (tertiary/aromatic N) is 2. The van der Waals surface area contributed by atoms with Crippen molar-refractivity contribution in [1.82, 2.24) is 0 Å². The van der Waals surface area contributed by atoms with Crippen LogP contribution >= 0.6 is 11.8 Å². The maximum atomic E-state index is 7.42. The zero-order chi connectivity index (χ0) is 55.8. The van der Waals surface area contributed by atoms with Gasteiger partial charge in [-0.05, 0) is 171 Å². The normalized spacial score (nSPS) is 17.7. The van der Waals surface area contributed by atoms with Crippen molar-refractivity contribution in [2.24, 2.45) is 11.8 Å². The fourth-order valence-electron chi connectivity index (χ4n) is 16.8. The highest BCUT2D eigenvalue weighted by Crippen LogP contribution is 2.67. The lowest BCUT2D eigenvalue weighted by atomic mass is 9.66. The third-order valence-electron chi connectivity index (χ3n) is 20.0. The number of hydrogen-bond acceptors (Lipinski definition) is 4. The van der Waals surface area contributed by atoms with Crippen LogP contribution in [0.15, 0.2) is 299 Å². The van der Waals surface area contributed by atoms with Gasteiger partial charge < -0.3 is 14.2 Å². The molecule has 3 atom stereocenters. The second-order valence-electron chi connectivity index (χ2n) is 24.1. The molecule has 404 valence electrons. The summed E-state index contributed by atoms with van der Waals surface area (Å²) in [5.74, 6) is 1.84. The van der Waals surface area contributed by atoms with Crippen LogP contribution < -0.4 is 9.80 Å². The van der Waals surface area contributed by atoms with Crippen LogP contribution in [0, 0.1) is 11.8 Å². The molecule has 13 aromatic rings. The minimum atomic E-state index is -0.593. The van der Waals surface area contributed by atoms with Crippen LogP contribution in [0.25, 0.3) is 44.2 Å². The zero-order valence-corrected chi connectivity index (χ0v) is 47.7. The van der Waals surface area contributed by atoms with Gasteiger partial charge in [0, 0.05) is 54.9 Å². The molecule has 1 aliphatic heterocycles. The van der Waals surface area contributed by atoms with E-state index < -0.39 is 10.8 Å². The molecule has 85 heavy (non-hydrogen) atoms. The minimum absolute atomic E-state index is 0.440. The molecule has 0 saturated heterocycles. The first kappa shape index (κ1) is 48.9. The molecule has 0 radical (unpaired) electrons. The van der Waals surface area contributed by atoms with E-state index in [1.807, 2.05) is 11.8 Å². The van der Waals surface area contributed by atoms with Gasteiger partial charge in [0.25, 0.3) is 0 Å². The summed E-state index contributed by atoms with van der Waals surface area (Å²) in [6.45, 7) is 0. The van der Waals surface area contributed by atoms with Gasteiger partial charge in [0.1, 0.15) is 5.58 Å². The summed E-state index contributed by atoms with van der Waals surface area (Å²) in [5.41, 5.74) is 24.1. The second-order valence-corrected chi connectivity index (χ2v) is 25.2. The van der Waals surface area contributed by atoms with E-state index in [0.717, 1.165) is 62.0 Å². The smallest absolute Gasteiger partial charge is 0.159 e. The predicted molar refractivity (Wildman–Crippen MR) is 350 cm³/mol. The maximum Gasteiger partial charge on any atom is 0.159 e. The van der Waals surface area contributed by atoms with Gasteiger partial charge in [-0.3, -0.25) is 0 Å². The molecule has 12 aromatic carbocycles. The molecule has 1 aromatic heterocycles. The molecule has 0 N–H and O–H groups in total. The molecule has 2 fully saturated rings. The Morgan fingerprint density at radius 3 is 1.58 bits per heavy atom. The molecule has 5 aliphatic rings. The van der Waals surface area contributed by atoms with Crippen LogP contribution in [0.1, 0.15) is 81.7 Å². The highest BCUT2D eigenvalue weighted by atomic mass is 32.2. The standard InChI is InChI=1S/C81H58N2OS/c1-5-23-54(24-6-1)80(55-25-7-2-8-26-55)69-37-18-15-33-64(69)77-71(80)39-22-40-73(77)83(58-45-46-62-63-34-21-41-74(78(63)84-75(62)51-58)82(56-27-9-3-10-28-56)57-29-11-4-12-30-57)59-49-66(65-48-52-43-44-53(65)47-52)79-72(50-59)81(70-38-19-20-42-76(70)85-79)67-35-16-13-31-60(67)61-32-14-17-36-68(61)81/h1-42,45-46,49-53,65H,43-44,47-48H2. The Kier molecular flexibility index (Phi) is 10.9. The first-order chi connectivity index (χ1) is 42.2. The van der Waals surface area contributed by atoms with E-state index in [1.165, 1.54) is 108 Å². The lowest BCUT2D eigenvalue weighted by molar-refractivity contribution is 0.415. The van der Waals surface area contributed by atoms with Crippen molar-refractivity contribution in [3.8, 4) is 22.3 Å². The number of furan rings is 1. The van der Waals surface area contributed by atoms with Crippen molar-refractivity contribution in [3.63, 3.8) is 0 Å². The minimum Gasteiger partial charge on any atom is -0.454 e. The Balaban J connectivity index is 0.948. The molecule has 2 bridgehead atoms. The fraction of sp³-hybridized carbons (Fsp3) is 0.111. The van der Waals surface area contributed by atoms with E-state index in [9.17, 15) is 0 Å². The molecule has 3 unspecified atom stereocenters.